The summed E-state index contributed by atoms with van der Waals surface area (Å²) in [5, 5.41) is 7.00. The fourth-order valence-electron chi connectivity index (χ4n) is 1.43. The lowest BCUT2D eigenvalue weighted by Gasteiger charge is -2.02. The first-order chi connectivity index (χ1) is 8.81. The predicted molar refractivity (Wildman–Crippen MR) is 69.2 cm³/mol. The number of nitrogens with zero attached hydrogens (tertiary/aromatic N) is 1. The van der Waals surface area contributed by atoms with Crippen LogP contribution in [0.2, 0.25) is 0 Å². The van der Waals surface area contributed by atoms with Gasteiger partial charge in [0.15, 0.2) is 0 Å². The fraction of sp³-hybridized carbons (Fsp3) is 0.143. The highest BCUT2D eigenvalue weighted by atomic mass is 16.5. The Balaban J connectivity index is 0.000000771. The molecule has 0 fully saturated rings. The molecule has 0 saturated heterocycles. The Morgan fingerprint density at radius 1 is 1.11 bits per heavy atom. The van der Waals surface area contributed by atoms with Gasteiger partial charge in [-0.15, -0.1) is 0 Å². The van der Waals surface area contributed by atoms with E-state index in [2.05, 4.69) is 9.72 Å². The van der Waals surface area contributed by atoms with Crippen molar-refractivity contribution in [2.24, 2.45) is 0 Å². The van der Waals surface area contributed by atoms with Gasteiger partial charge >= 0.3 is 5.97 Å². The molecule has 0 spiro atoms. The number of hydrogen-bond acceptors (Lipinski definition) is 4. The van der Waals surface area contributed by atoms with Gasteiger partial charge in [-0.1, -0.05) is 18.2 Å². The second-order valence-corrected chi connectivity index (χ2v) is 3.28. The van der Waals surface area contributed by atoms with Crippen molar-refractivity contribution in [3.8, 4) is 11.3 Å². The number of rotatable bonds is 2. The molecule has 1 heterocycles. The minimum absolute atomic E-state index is 0.326. The average molecular weight is 245 g/mol. The number of carbonyl (C=O) groups is 1. The fourth-order valence-corrected chi connectivity index (χ4v) is 1.43. The maximum absolute atomic E-state index is 11.2. The largest absolute Gasteiger partial charge is 0.465 e. The topological polar surface area (TPSA) is 59.4 Å². The molecule has 1 aromatic heterocycles. The molecule has 0 bridgehead atoms. The van der Waals surface area contributed by atoms with Crippen molar-refractivity contribution in [3.63, 3.8) is 0 Å². The van der Waals surface area contributed by atoms with E-state index in [1.165, 1.54) is 7.11 Å². The van der Waals surface area contributed by atoms with Crippen molar-refractivity contribution >= 4 is 5.97 Å². The van der Waals surface area contributed by atoms with Crippen LogP contribution in [0.3, 0.4) is 0 Å². The number of benzene rings is 1. The van der Waals surface area contributed by atoms with Crippen LogP contribution in [-0.2, 0) is 4.74 Å². The molecule has 0 atom stereocenters. The number of pyridine rings is 1. The summed E-state index contributed by atoms with van der Waals surface area (Å²) >= 11 is 0. The Hall–Kier alpha value is -2.20. The lowest BCUT2D eigenvalue weighted by molar-refractivity contribution is 0.0601. The second kappa shape index (κ2) is 7.19. The van der Waals surface area contributed by atoms with E-state index in [4.69, 9.17) is 5.11 Å². The Morgan fingerprint density at radius 2 is 1.78 bits per heavy atom. The molecule has 2 aromatic rings. The lowest BCUT2D eigenvalue weighted by Crippen LogP contribution is -2.00. The molecule has 0 unspecified atom stereocenters. The van der Waals surface area contributed by atoms with Crippen LogP contribution in [0, 0.1) is 0 Å². The van der Waals surface area contributed by atoms with E-state index in [1.54, 1.807) is 18.3 Å². The van der Waals surface area contributed by atoms with Crippen LogP contribution in [0.4, 0.5) is 0 Å². The molecule has 94 valence electrons. The van der Waals surface area contributed by atoms with Gasteiger partial charge in [0.25, 0.3) is 0 Å². The molecule has 0 aliphatic heterocycles. The van der Waals surface area contributed by atoms with Crippen molar-refractivity contribution in [3.05, 3.63) is 54.2 Å². The number of esters is 1. The third-order valence-corrected chi connectivity index (χ3v) is 2.27. The highest BCUT2D eigenvalue weighted by Crippen LogP contribution is 2.16. The first-order valence-corrected chi connectivity index (χ1v) is 5.36. The first-order valence-electron chi connectivity index (χ1n) is 5.36. The molecule has 0 amide bonds. The lowest BCUT2D eigenvalue weighted by atomic mass is 10.1. The van der Waals surface area contributed by atoms with E-state index >= 15 is 0 Å². The summed E-state index contributed by atoms with van der Waals surface area (Å²) < 4.78 is 4.63. The quantitative estimate of drug-likeness (QED) is 0.823. The normalized spacial score (nSPS) is 9.06. The summed E-state index contributed by atoms with van der Waals surface area (Å²) in [5.41, 5.74) is 2.41. The molecule has 4 heteroatoms. The van der Waals surface area contributed by atoms with Gasteiger partial charge in [0.1, 0.15) is 0 Å². The van der Waals surface area contributed by atoms with Gasteiger partial charge in [-0.05, 0) is 24.3 Å². The average Bonchev–Trinajstić information content (AvgIpc) is 2.49. The zero-order chi connectivity index (χ0) is 13.4. The minimum atomic E-state index is -0.326. The van der Waals surface area contributed by atoms with Gasteiger partial charge in [0.05, 0.1) is 18.4 Å². The number of aliphatic hydroxyl groups is 1. The molecule has 1 aromatic carbocycles. The van der Waals surface area contributed by atoms with Crippen molar-refractivity contribution in [2.45, 2.75) is 0 Å². The Labute approximate surface area is 106 Å². The van der Waals surface area contributed by atoms with Crippen LogP contribution in [0.25, 0.3) is 11.3 Å². The summed E-state index contributed by atoms with van der Waals surface area (Å²) in [6.07, 6.45) is 1.74. The number of ether oxygens (including phenoxy) is 1. The van der Waals surface area contributed by atoms with E-state index in [-0.39, 0.29) is 5.97 Å². The Bertz CT molecular complexity index is 480. The summed E-state index contributed by atoms with van der Waals surface area (Å²) in [6.45, 7) is 0. The SMILES string of the molecule is CO.COC(=O)c1ccc(-c2ccccn2)cc1. The van der Waals surface area contributed by atoms with E-state index in [1.807, 2.05) is 30.3 Å². The Kier molecular flexibility index (Phi) is 5.54. The maximum atomic E-state index is 11.2. The van der Waals surface area contributed by atoms with E-state index < -0.39 is 0 Å². The number of methoxy groups -OCH3 is 1. The van der Waals surface area contributed by atoms with Gasteiger partial charge in [-0.2, -0.15) is 0 Å². The summed E-state index contributed by atoms with van der Waals surface area (Å²) in [4.78, 5) is 15.5. The molecule has 4 nitrogen and oxygen atoms in total. The predicted octanol–water partition coefficient (Wildman–Crippen LogP) is 2.14. The summed E-state index contributed by atoms with van der Waals surface area (Å²) in [7, 11) is 2.37. The first kappa shape index (κ1) is 13.9. The van der Waals surface area contributed by atoms with Crippen LogP contribution >= 0.6 is 0 Å². The standard InChI is InChI=1S/C13H11NO2.CH4O/c1-16-13(15)11-7-5-10(6-8-11)12-4-2-3-9-14-12;1-2/h2-9H,1H3;2H,1H3. The number of aliphatic hydroxyl groups excluding tert-OH is 1. The smallest absolute Gasteiger partial charge is 0.337 e. The van der Waals surface area contributed by atoms with E-state index in [9.17, 15) is 4.79 Å². The minimum Gasteiger partial charge on any atom is -0.465 e. The third-order valence-electron chi connectivity index (χ3n) is 2.27. The molecule has 0 saturated carbocycles. The van der Waals surface area contributed by atoms with Gasteiger partial charge < -0.3 is 9.84 Å². The monoisotopic (exact) mass is 245 g/mol. The van der Waals surface area contributed by atoms with Crippen LogP contribution in [0.5, 0.6) is 0 Å². The van der Waals surface area contributed by atoms with Crippen LogP contribution in [0.15, 0.2) is 48.7 Å². The zero-order valence-electron chi connectivity index (χ0n) is 10.3. The van der Waals surface area contributed by atoms with Crippen molar-refractivity contribution in [2.75, 3.05) is 14.2 Å². The van der Waals surface area contributed by atoms with Crippen molar-refractivity contribution in [1.29, 1.82) is 0 Å². The Morgan fingerprint density at radius 3 is 2.28 bits per heavy atom. The van der Waals surface area contributed by atoms with Gasteiger partial charge in [0, 0.05) is 18.9 Å². The number of hydrogen-bond donors (Lipinski definition) is 1. The van der Waals surface area contributed by atoms with Gasteiger partial charge in [-0.3, -0.25) is 4.98 Å². The third kappa shape index (κ3) is 3.40. The molecule has 1 N–H and O–H groups in total. The van der Waals surface area contributed by atoms with Crippen LogP contribution < -0.4 is 0 Å². The molecule has 0 radical (unpaired) electrons. The van der Waals surface area contributed by atoms with Gasteiger partial charge in [0.2, 0.25) is 0 Å². The maximum Gasteiger partial charge on any atom is 0.337 e. The summed E-state index contributed by atoms with van der Waals surface area (Å²) in [5.74, 6) is -0.326. The summed E-state index contributed by atoms with van der Waals surface area (Å²) in [6, 6.07) is 12.9. The molecule has 2 rings (SSSR count). The van der Waals surface area contributed by atoms with Crippen LogP contribution in [-0.4, -0.2) is 30.3 Å². The molecule has 18 heavy (non-hydrogen) atoms. The van der Waals surface area contributed by atoms with Crippen LogP contribution in [0.1, 0.15) is 10.4 Å². The molecular formula is C14H15NO3. The number of carbonyl (C=O) groups excluding carboxylic acids is 1. The number of aromatic nitrogens is 1. The molecule has 0 aliphatic rings. The molecular weight excluding hydrogens is 230 g/mol. The molecule has 0 aliphatic carbocycles. The van der Waals surface area contributed by atoms with E-state index in [0.29, 0.717) is 5.56 Å². The van der Waals surface area contributed by atoms with E-state index in [0.717, 1.165) is 18.4 Å². The van der Waals surface area contributed by atoms with Crippen molar-refractivity contribution < 1.29 is 14.6 Å². The second-order valence-electron chi connectivity index (χ2n) is 3.28. The highest BCUT2D eigenvalue weighted by molar-refractivity contribution is 5.89. The zero-order valence-corrected chi connectivity index (χ0v) is 10.3. The van der Waals surface area contributed by atoms with Gasteiger partial charge in [-0.25, -0.2) is 4.79 Å². The highest BCUT2D eigenvalue weighted by Gasteiger charge is 2.05. The van der Waals surface area contributed by atoms with Crippen molar-refractivity contribution in [1.82, 2.24) is 4.98 Å².